The molecule has 0 aliphatic heterocycles. The summed E-state index contributed by atoms with van der Waals surface area (Å²) in [4.78, 5) is 18.6. The standard InChI is InChI=1S/C21H33FN4O2/c1-23-20(25-16-21(12-4-5-13-21)19(27)26(2)3)24-14-6-7-15-28-18-10-8-17(22)9-11-18/h8-11H,4-7,12-16H2,1-3H3,(H2,23,24,25). The zero-order valence-corrected chi connectivity index (χ0v) is 17.3. The molecule has 0 unspecified atom stereocenters. The van der Waals surface area contributed by atoms with Crippen LogP contribution in [-0.4, -0.2) is 57.6 Å². The van der Waals surface area contributed by atoms with E-state index in [0.717, 1.165) is 51.0 Å². The van der Waals surface area contributed by atoms with Crippen molar-refractivity contribution in [3.05, 3.63) is 30.1 Å². The first-order valence-electron chi connectivity index (χ1n) is 10.0. The molecule has 0 radical (unpaired) electrons. The summed E-state index contributed by atoms with van der Waals surface area (Å²) < 4.78 is 18.4. The second kappa shape index (κ2) is 10.9. The average molecular weight is 393 g/mol. The molecule has 1 aliphatic rings. The van der Waals surface area contributed by atoms with Crippen LogP contribution in [0, 0.1) is 11.2 Å². The van der Waals surface area contributed by atoms with Gasteiger partial charge in [0.25, 0.3) is 0 Å². The number of amides is 1. The number of nitrogens with one attached hydrogen (secondary N) is 2. The fourth-order valence-electron chi connectivity index (χ4n) is 3.62. The quantitative estimate of drug-likeness (QED) is 0.385. The second-order valence-corrected chi connectivity index (χ2v) is 7.55. The van der Waals surface area contributed by atoms with Gasteiger partial charge in [-0.3, -0.25) is 9.79 Å². The van der Waals surface area contributed by atoms with Gasteiger partial charge in [-0.2, -0.15) is 0 Å². The van der Waals surface area contributed by atoms with Crippen LogP contribution in [0.1, 0.15) is 38.5 Å². The van der Waals surface area contributed by atoms with E-state index in [1.165, 1.54) is 12.1 Å². The van der Waals surface area contributed by atoms with Gasteiger partial charge >= 0.3 is 0 Å². The fourth-order valence-corrected chi connectivity index (χ4v) is 3.62. The third-order valence-electron chi connectivity index (χ3n) is 5.18. The maximum absolute atomic E-state index is 12.9. The van der Waals surface area contributed by atoms with E-state index in [0.29, 0.717) is 18.9 Å². The van der Waals surface area contributed by atoms with E-state index in [9.17, 15) is 9.18 Å². The Bertz CT molecular complexity index is 640. The van der Waals surface area contributed by atoms with Gasteiger partial charge in [0.1, 0.15) is 11.6 Å². The molecule has 1 fully saturated rings. The third kappa shape index (κ3) is 6.39. The van der Waals surface area contributed by atoms with Crippen molar-refractivity contribution in [1.29, 1.82) is 0 Å². The lowest BCUT2D eigenvalue weighted by Crippen LogP contribution is -2.49. The number of aliphatic imine (C=N–C) groups is 1. The van der Waals surface area contributed by atoms with Crippen LogP contribution < -0.4 is 15.4 Å². The molecular formula is C21H33FN4O2. The Morgan fingerprint density at radius 2 is 1.86 bits per heavy atom. The molecule has 1 aromatic carbocycles. The number of rotatable bonds is 9. The van der Waals surface area contributed by atoms with Crippen molar-refractivity contribution in [3.63, 3.8) is 0 Å². The number of benzene rings is 1. The van der Waals surface area contributed by atoms with Crippen molar-refractivity contribution in [1.82, 2.24) is 15.5 Å². The van der Waals surface area contributed by atoms with E-state index in [4.69, 9.17) is 4.74 Å². The molecule has 156 valence electrons. The van der Waals surface area contributed by atoms with Crippen LogP contribution in [0.15, 0.2) is 29.3 Å². The van der Waals surface area contributed by atoms with E-state index >= 15 is 0 Å². The minimum atomic E-state index is -0.315. The van der Waals surface area contributed by atoms with E-state index in [1.807, 2.05) is 14.1 Å². The maximum Gasteiger partial charge on any atom is 0.230 e. The van der Waals surface area contributed by atoms with Gasteiger partial charge in [-0.25, -0.2) is 4.39 Å². The number of halogens is 1. The molecule has 0 saturated heterocycles. The van der Waals surface area contributed by atoms with Crippen LogP contribution in [0.5, 0.6) is 5.75 Å². The van der Waals surface area contributed by atoms with Crippen LogP contribution in [-0.2, 0) is 4.79 Å². The molecule has 1 amide bonds. The minimum absolute atomic E-state index is 0.200. The Morgan fingerprint density at radius 1 is 1.18 bits per heavy atom. The summed E-state index contributed by atoms with van der Waals surface area (Å²) in [6.07, 6.45) is 5.85. The highest BCUT2D eigenvalue weighted by Gasteiger charge is 2.42. The third-order valence-corrected chi connectivity index (χ3v) is 5.18. The average Bonchev–Trinajstić information content (AvgIpc) is 3.17. The van der Waals surface area contributed by atoms with Gasteiger partial charge in [-0.15, -0.1) is 0 Å². The number of hydrogen-bond acceptors (Lipinski definition) is 3. The lowest BCUT2D eigenvalue weighted by atomic mass is 9.84. The first-order valence-corrected chi connectivity index (χ1v) is 10.0. The predicted octanol–water partition coefficient (Wildman–Crippen LogP) is 2.80. The number of unbranched alkanes of at least 4 members (excludes halogenated alkanes) is 1. The van der Waals surface area contributed by atoms with Crippen LogP contribution in [0.25, 0.3) is 0 Å². The Kier molecular flexibility index (Phi) is 8.54. The van der Waals surface area contributed by atoms with Gasteiger partial charge < -0.3 is 20.3 Å². The highest BCUT2D eigenvalue weighted by Crippen LogP contribution is 2.38. The maximum atomic E-state index is 12.9. The Balaban J connectivity index is 1.67. The molecule has 1 saturated carbocycles. The summed E-state index contributed by atoms with van der Waals surface area (Å²) in [7, 11) is 5.38. The van der Waals surface area contributed by atoms with Crippen molar-refractivity contribution >= 4 is 11.9 Å². The van der Waals surface area contributed by atoms with Gasteiger partial charge in [-0.1, -0.05) is 12.8 Å². The summed E-state index contributed by atoms with van der Waals surface area (Å²) in [6.45, 7) is 1.96. The molecule has 0 spiro atoms. The van der Waals surface area contributed by atoms with Gasteiger partial charge in [0, 0.05) is 34.2 Å². The number of guanidine groups is 1. The lowest BCUT2D eigenvalue weighted by molar-refractivity contribution is -0.138. The van der Waals surface area contributed by atoms with Gasteiger partial charge in [0.2, 0.25) is 5.91 Å². The highest BCUT2D eigenvalue weighted by atomic mass is 19.1. The minimum Gasteiger partial charge on any atom is -0.494 e. The van der Waals surface area contributed by atoms with E-state index in [-0.39, 0.29) is 17.1 Å². The molecule has 28 heavy (non-hydrogen) atoms. The topological polar surface area (TPSA) is 66.0 Å². The van der Waals surface area contributed by atoms with Crippen molar-refractivity contribution in [2.24, 2.45) is 10.4 Å². The molecule has 1 aliphatic carbocycles. The molecule has 2 N–H and O–H groups in total. The van der Waals surface area contributed by atoms with Crippen molar-refractivity contribution in [2.75, 3.05) is 40.8 Å². The fraction of sp³-hybridized carbons (Fsp3) is 0.619. The van der Waals surface area contributed by atoms with Crippen molar-refractivity contribution in [2.45, 2.75) is 38.5 Å². The van der Waals surface area contributed by atoms with E-state index in [2.05, 4.69) is 15.6 Å². The highest BCUT2D eigenvalue weighted by molar-refractivity contribution is 5.85. The van der Waals surface area contributed by atoms with E-state index < -0.39 is 0 Å². The summed E-state index contributed by atoms with van der Waals surface area (Å²) in [6, 6.07) is 6.05. The monoisotopic (exact) mass is 392 g/mol. The Morgan fingerprint density at radius 3 is 2.46 bits per heavy atom. The number of hydrogen-bond donors (Lipinski definition) is 2. The second-order valence-electron chi connectivity index (χ2n) is 7.55. The molecule has 0 bridgehead atoms. The van der Waals surface area contributed by atoms with Crippen LogP contribution in [0.4, 0.5) is 4.39 Å². The summed E-state index contributed by atoms with van der Waals surface area (Å²) in [5.74, 6) is 1.34. The van der Waals surface area contributed by atoms with Gasteiger partial charge in [0.15, 0.2) is 5.96 Å². The SMILES string of the molecule is CN=C(NCCCCOc1ccc(F)cc1)NCC1(C(=O)N(C)C)CCCC1. The smallest absolute Gasteiger partial charge is 0.230 e. The number of nitrogens with zero attached hydrogens (tertiary/aromatic N) is 2. The van der Waals surface area contributed by atoms with Crippen LogP contribution in [0.3, 0.4) is 0 Å². The molecule has 7 heteroatoms. The Hall–Kier alpha value is -2.31. The van der Waals surface area contributed by atoms with E-state index in [1.54, 1.807) is 24.1 Å². The van der Waals surface area contributed by atoms with Gasteiger partial charge in [-0.05, 0) is 49.9 Å². The summed E-state index contributed by atoms with van der Waals surface area (Å²) in [5, 5.41) is 6.63. The van der Waals surface area contributed by atoms with Crippen LogP contribution >= 0.6 is 0 Å². The Labute approximate surface area is 167 Å². The van der Waals surface area contributed by atoms with Crippen molar-refractivity contribution in [3.8, 4) is 5.75 Å². The molecular weight excluding hydrogens is 359 g/mol. The van der Waals surface area contributed by atoms with Crippen LogP contribution in [0.2, 0.25) is 0 Å². The first kappa shape index (κ1) is 22.0. The number of carbonyl (C=O) groups excluding carboxylic acids is 1. The summed E-state index contributed by atoms with van der Waals surface area (Å²) >= 11 is 0. The largest absolute Gasteiger partial charge is 0.494 e. The summed E-state index contributed by atoms with van der Waals surface area (Å²) in [5.41, 5.74) is -0.315. The lowest BCUT2D eigenvalue weighted by Gasteiger charge is -2.31. The number of ether oxygens (including phenoxy) is 1. The normalized spacial score (nSPS) is 15.9. The molecule has 0 atom stereocenters. The molecule has 0 heterocycles. The number of carbonyl (C=O) groups is 1. The zero-order chi connectivity index (χ0) is 20.4. The van der Waals surface area contributed by atoms with Crippen molar-refractivity contribution < 1.29 is 13.9 Å². The molecule has 0 aromatic heterocycles. The zero-order valence-electron chi connectivity index (χ0n) is 17.3. The first-order chi connectivity index (χ1) is 13.5. The molecule has 2 rings (SSSR count). The predicted molar refractivity (Wildman–Crippen MR) is 110 cm³/mol. The molecule has 6 nitrogen and oxygen atoms in total. The van der Waals surface area contributed by atoms with Gasteiger partial charge in [0.05, 0.1) is 12.0 Å². The molecule has 1 aromatic rings.